The molecule has 0 N–H and O–H groups in total. The van der Waals surface area contributed by atoms with Crippen LogP contribution in [-0.4, -0.2) is 17.9 Å². The van der Waals surface area contributed by atoms with Crippen molar-refractivity contribution in [1.29, 1.82) is 0 Å². The summed E-state index contributed by atoms with van der Waals surface area (Å²) in [6, 6.07) is 0. The van der Waals surface area contributed by atoms with E-state index in [1.165, 1.54) is 0 Å². The number of carboxylic acids is 3. The number of carbonyl (C=O) groups excluding carboxylic acids is 3. The maximum atomic E-state index is 10.8. The first-order valence-electron chi connectivity index (χ1n) is 14.3. The molecule has 0 aromatic carbocycles. The molecule has 3 unspecified atom stereocenters. The van der Waals surface area contributed by atoms with Gasteiger partial charge in [-0.15, -0.1) is 0 Å². The van der Waals surface area contributed by atoms with Crippen LogP contribution in [0.25, 0.3) is 0 Å². The van der Waals surface area contributed by atoms with Gasteiger partial charge in [0.25, 0.3) is 0 Å². The molecule has 0 aliphatic carbocycles. The molecule has 0 fully saturated rings. The van der Waals surface area contributed by atoms with Crippen molar-refractivity contribution < 1.29 is 70.1 Å². The predicted octanol–water partition coefficient (Wildman–Crippen LogP) is 5.20. The molecule has 37 heavy (non-hydrogen) atoms. The summed E-state index contributed by atoms with van der Waals surface area (Å²) in [5.41, 5.74) is -1.80. The molecule has 0 amide bonds. The number of unbranched alkanes of at least 4 members (excludes halogenated alkanes) is 5. The van der Waals surface area contributed by atoms with Crippen molar-refractivity contribution in [2.75, 3.05) is 0 Å². The first-order valence-corrected chi connectivity index (χ1v) is 14.3. The molecule has 7 heteroatoms. The molecule has 0 saturated heterocycles. The average molecular weight is 664 g/mol. The fraction of sp³-hybridized carbons (Fsp3) is 0.900. The number of carboxylic acid groups (broad SMARTS) is 3. The second-order valence-electron chi connectivity index (χ2n) is 11.0. The van der Waals surface area contributed by atoms with Crippen LogP contribution in [0.5, 0.6) is 0 Å². The minimum absolute atomic E-state index is 0. The Hall–Kier alpha value is -0.252. The smallest absolute Gasteiger partial charge is 0.550 e. The van der Waals surface area contributed by atoms with Crippen LogP contribution >= 0.6 is 0 Å². The molecule has 219 valence electrons. The van der Waals surface area contributed by atoms with E-state index in [2.05, 4.69) is 20.8 Å². The fourth-order valence-electron chi connectivity index (χ4n) is 3.82. The van der Waals surface area contributed by atoms with Crippen molar-refractivity contribution in [2.45, 2.75) is 159 Å². The van der Waals surface area contributed by atoms with Crippen LogP contribution in [0.4, 0.5) is 0 Å². The molecule has 0 bridgehead atoms. The van der Waals surface area contributed by atoms with Gasteiger partial charge in [0.05, 0.1) is 0 Å². The maximum absolute atomic E-state index is 10.8. The van der Waals surface area contributed by atoms with Crippen LogP contribution in [0.3, 0.4) is 0 Å². The van der Waals surface area contributed by atoms with Crippen molar-refractivity contribution >= 4 is 17.9 Å². The minimum Gasteiger partial charge on any atom is -0.550 e. The third kappa shape index (κ3) is 20.3. The van der Waals surface area contributed by atoms with Gasteiger partial charge >= 0.3 is 40.4 Å². The van der Waals surface area contributed by atoms with E-state index < -0.39 is 34.2 Å². The molecule has 0 saturated carbocycles. The summed E-state index contributed by atoms with van der Waals surface area (Å²) in [5.74, 6) is -2.69. The Labute approximate surface area is 261 Å². The van der Waals surface area contributed by atoms with E-state index in [0.29, 0.717) is 12.8 Å². The van der Waals surface area contributed by atoms with Crippen LogP contribution in [0.1, 0.15) is 159 Å². The number of carbonyl (C=O) groups is 3. The zero-order valence-corrected chi connectivity index (χ0v) is 28.1. The minimum atomic E-state index is -0.902. The van der Waals surface area contributed by atoms with Gasteiger partial charge in [0.15, 0.2) is 0 Å². The Balaban J connectivity index is -0.000000218. The first-order chi connectivity index (χ1) is 16.7. The van der Waals surface area contributed by atoms with E-state index in [1.54, 1.807) is 20.8 Å². The normalized spacial score (nSPS) is 15.2. The van der Waals surface area contributed by atoms with Crippen LogP contribution in [-0.2, 0) is 14.4 Å². The molecule has 0 heterocycles. The van der Waals surface area contributed by atoms with Gasteiger partial charge in [0.2, 0.25) is 0 Å². The summed E-state index contributed by atoms with van der Waals surface area (Å²) in [5, 5.41) is 32.3. The van der Waals surface area contributed by atoms with E-state index in [4.69, 9.17) is 0 Å². The SMILES string of the molecule is CCCCC(C)(CCC)C(=O)[O-].CCCCCC(C)(CC)C(=O)[O-].CCCCCC(C)(CC)C(=O)[O-].[Sm+3]. The Bertz CT molecular complexity index is 563. The van der Waals surface area contributed by atoms with Gasteiger partial charge in [-0.1, -0.05) is 120 Å². The monoisotopic (exact) mass is 665 g/mol. The van der Waals surface area contributed by atoms with Gasteiger partial charge in [-0.3, -0.25) is 0 Å². The number of hydrogen-bond donors (Lipinski definition) is 0. The van der Waals surface area contributed by atoms with E-state index in [9.17, 15) is 29.7 Å². The second kappa shape index (κ2) is 24.8. The molecule has 0 rings (SSSR count). The molecule has 0 aromatic rings. The number of rotatable bonds is 18. The van der Waals surface area contributed by atoms with E-state index >= 15 is 0 Å². The van der Waals surface area contributed by atoms with Gasteiger partial charge in [-0.05, 0) is 38.5 Å². The van der Waals surface area contributed by atoms with Gasteiger partial charge in [-0.25, -0.2) is 0 Å². The van der Waals surface area contributed by atoms with Crippen LogP contribution in [0.2, 0.25) is 0 Å². The quantitative estimate of drug-likeness (QED) is 0.186. The third-order valence-electron chi connectivity index (χ3n) is 7.59. The Morgan fingerprint density at radius 2 is 0.757 bits per heavy atom. The van der Waals surface area contributed by atoms with Crippen LogP contribution in [0.15, 0.2) is 0 Å². The van der Waals surface area contributed by atoms with Gasteiger partial charge in [-0.2, -0.15) is 0 Å². The summed E-state index contributed by atoms with van der Waals surface area (Å²) < 4.78 is 0. The van der Waals surface area contributed by atoms with Crippen molar-refractivity contribution in [3.05, 3.63) is 0 Å². The molecule has 0 aliphatic heterocycles. The summed E-state index contributed by atoms with van der Waals surface area (Å²) >= 11 is 0. The Kier molecular flexibility index (Phi) is 29.3. The van der Waals surface area contributed by atoms with Gasteiger partial charge < -0.3 is 29.7 Å². The predicted molar refractivity (Wildman–Crippen MR) is 143 cm³/mol. The average Bonchev–Trinajstić information content (AvgIpc) is 2.83. The summed E-state index contributed by atoms with van der Waals surface area (Å²) in [7, 11) is 0. The van der Waals surface area contributed by atoms with E-state index in [-0.39, 0.29) is 40.4 Å². The summed E-state index contributed by atoms with van der Waals surface area (Å²) in [4.78, 5) is 32.3. The summed E-state index contributed by atoms with van der Waals surface area (Å²) in [6.45, 7) is 17.5. The zero-order chi connectivity index (χ0) is 28.8. The van der Waals surface area contributed by atoms with Crippen molar-refractivity contribution in [3.63, 3.8) is 0 Å². The van der Waals surface area contributed by atoms with Gasteiger partial charge in [0.1, 0.15) is 0 Å². The van der Waals surface area contributed by atoms with Crippen molar-refractivity contribution in [1.82, 2.24) is 0 Å². The fourth-order valence-corrected chi connectivity index (χ4v) is 3.82. The zero-order valence-electron chi connectivity index (χ0n) is 25.5. The van der Waals surface area contributed by atoms with E-state index in [0.717, 1.165) is 83.5 Å². The Morgan fingerprint density at radius 1 is 0.459 bits per heavy atom. The standard InChI is InChI=1S/3C10H20O2.Sm/c2*1-4-6-7-8-10(3,5-2)9(11)12;1-4-6-8-10(3,7-5-2)9(11)12;/h3*4-8H2,1-3H3,(H,11,12);/q;;;+3/p-3. The molecule has 0 spiro atoms. The van der Waals surface area contributed by atoms with Crippen molar-refractivity contribution in [3.8, 4) is 0 Å². The topological polar surface area (TPSA) is 120 Å². The van der Waals surface area contributed by atoms with Crippen LogP contribution < -0.4 is 15.3 Å². The Morgan fingerprint density at radius 3 is 0.973 bits per heavy atom. The van der Waals surface area contributed by atoms with Crippen LogP contribution in [0, 0.1) is 56.6 Å². The first kappa shape index (κ1) is 43.8. The van der Waals surface area contributed by atoms with Gasteiger partial charge in [0, 0.05) is 34.2 Å². The molecular formula is C30H57O6Sm. The third-order valence-corrected chi connectivity index (χ3v) is 7.59. The molecule has 0 aliphatic rings. The molecule has 3 atom stereocenters. The number of hydrogen-bond acceptors (Lipinski definition) is 6. The summed E-state index contributed by atoms with van der Waals surface area (Å²) in [6.07, 6.45) is 13.7. The largest absolute Gasteiger partial charge is 3.00 e. The molecule has 6 nitrogen and oxygen atoms in total. The van der Waals surface area contributed by atoms with E-state index in [1.807, 2.05) is 20.8 Å². The molecule has 0 aromatic heterocycles. The molecular weight excluding hydrogens is 607 g/mol. The van der Waals surface area contributed by atoms with Crippen molar-refractivity contribution in [2.24, 2.45) is 16.2 Å². The second-order valence-corrected chi connectivity index (χ2v) is 11.0. The maximum Gasteiger partial charge on any atom is 3.00 e. The number of aliphatic carboxylic acids is 3. The molecule has 1 radical (unpaired) electrons.